The largest absolute Gasteiger partial charge is 0.356 e. The van der Waals surface area contributed by atoms with E-state index in [1.165, 1.54) is 0 Å². The molecule has 1 aromatic carbocycles. The minimum Gasteiger partial charge on any atom is -0.356 e. The highest BCUT2D eigenvalue weighted by Crippen LogP contribution is 2.10. The van der Waals surface area contributed by atoms with Gasteiger partial charge in [0.15, 0.2) is 0 Å². The summed E-state index contributed by atoms with van der Waals surface area (Å²) in [6, 6.07) is 7.72. The second kappa shape index (κ2) is 8.95. The van der Waals surface area contributed by atoms with Gasteiger partial charge in [0.05, 0.1) is 0 Å². The molecule has 100 valence electrons. The average Bonchev–Trinajstić information content (AvgIpc) is 2.35. The van der Waals surface area contributed by atoms with Gasteiger partial charge in [0.25, 0.3) is 0 Å². The van der Waals surface area contributed by atoms with Crippen molar-refractivity contribution in [2.45, 2.75) is 26.2 Å². The van der Waals surface area contributed by atoms with Crippen molar-refractivity contribution in [3.63, 3.8) is 0 Å². The van der Waals surface area contributed by atoms with Gasteiger partial charge in [0.2, 0.25) is 5.91 Å². The summed E-state index contributed by atoms with van der Waals surface area (Å²) in [4.78, 5) is 11.5. The third kappa shape index (κ3) is 6.62. The first-order valence-electron chi connectivity index (χ1n) is 6.44. The molecule has 2 N–H and O–H groups in total. The number of carbonyl (C=O) groups is 1. The lowest BCUT2D eigenvalue weighted by Crippen LogP contribution is -2.29. The summed E-state index contributed by atoms with van der Waals surface area (Å²) in [5.41, 5.74) is 1.15. The van der Waals surface area contributed by atoms with Gasteiger partial charge in [-0.15, -0.1) is 0 Å². The van der Waals surface area contributed by atoms with Gasteiger partial charge in [0.1, 0.15) is 0 Å². The van der Waals surface area contributed by atoms with Crippen LogP contribution in [0.25, 0.3) is 0 Å². The fraction of sp³-hybridized carbons (Fsp3) is 0.500. The molecule has 3 nitrogen and oxygen atoms in total. The summed E-state index contributed by atoms with van der Waals surface area (Å²) in [6.07, 6.45) is 2.45. The van der Waals surface area contributed by atoms with Gasteiger partial charge in [-0.1, -0.05) is 30.7 Å². The van der Waals surface area contributed by atoms with E-state index in [2.05, 4.69) is 17.6 Å². The van der Waals surface area contributed by atoms with E-state index in [-0.39, 0.29) is 5.91 Å². The van der Waals surface area contributed by atoms with E-state index >= 15 is 0 Å². The van der Waals surface area contributed by atoms with E-state index in [1.54, 1.807) is 0 Å². The SMILES string of the molecule is CCCNCCC(=O)NCCc1cccc(Cl)c1. The van der Waals surface area contributed by atoms with Crippen LogP contribution in [0.15, 0.2) is 24.3 Å². The van der Waals surface area contributed by atoms with Crippen LogP contribution in [0.1, 0.15) is 25.3 Å². The van der Waals surface area contributed by atoms with Crippen molar-refractivity contribution in [3.8, 4) is 0 Å². The summed E-state index contributed by atoms with van der Waals surface area (Å²) < 4.78 is 0. The Bertz CT molecular complexity index is 369. The van der Waals surface area contributed by atoms with Gasteiger partial charge in [-0.25, -0.2) is 0 Å². The van der Waals surface area contributed by atoms with E-state index in [0.717, 1.165) is 36.5 Å². The summed E-state index contributed by atoms with van der Waals surface area (Å²) in [5.74, 6) is 0.0978. The van der Waals surface area contributed by atoms with Gasteiger partial charge < -0.3 is 10.6 Å². The number of hydrogen-bond donors (Lipinski definition) is 2. The third-order valence-electron chi connectivity index (χ3n) is 2.58. The van der Waals surface area contributed by atoms with Gasteiger partial charge in [-0.2, -0.15) is 0 Å². The maximum absolute atomic E-state index is 11.5. The van der Waals surface area contributed by atoms with Crippen molar-refractivity contribution in [1.29, 1.82) is 0 Å². The maximum Gasteiger partial charge on any atom is 0.221 e. The Balaban J connectivity index is 2.12. The Morgan fingerprint density at radius 3 is 2.83 bits per heavy atom. The quantitative estimate of drug-likeness (QED) is 0.711. The molecule has 0 bridgehead atoms. The molecule has 18 heavy (non-hydrogen) atoms. The molecule has 0 saturated carbocycles. The average molecular weight is 269 g/mol. The summed E-state index contributed by atoms with van der Waals surface area (Å²) in [6.45, 7) is 4.48. The number of benzene rings is 1. The highest BCUT2D eigenvalue weighted by atomic mass is 35.5. The van der Waals surface area contributed by atoms with Crippen molar-refractivity contribution in [1.82, 2.24) is 10.6 Å². The minimum atomic E-state index is 0.0978. The smallest absolute Gasteiger partial charge is 0.221 e. The predicted octanol–water partition coefficient (Wildman–Crippen LogP) is 2.39. The van der Waals surface area contributed by atoms with E-state index in [9.17, 15) is 4.79 Å². The number of rotatable bonds is 8. The first kappa shape index (κ1) is 15.0. The van der Waals surface area contributed by atoms with E-state index in [0.29, 0.717) is 13.0 Å². The zero-order valence-electron chi connectivity index (χ0n) is 10.8. The zero-order valence-corrected chi connectivity index (χ0v) is 11.6. The van der Waals surface area contributed by atoms with Crippen molar-refractivity contribution in [3.05, 3.63) is 34.9 Å². The highest BCUT2D eigenvalue weighted by molar-refractivity contribution is 6.30. The highest BCUT2D eigenvalue weighted by Gasteiger charge is 2.00. The molecule has 0 aromatic heterocycles. The second-order valence-electron chi connectivity index (χ2n) is 4.23. The Morgan fingerprint density at radius 1 is 1.28 bits per heavy atom. The molecule has 0 aliphatic heterocycles. The summed E-state index contributed by atoms with van der Waals surface area (Å²) in [5, 5.41) is 6.85. The molecule has 0 spiro atoms. The van der Waals surface area contributed by atoms with E-state index in [1.807, 2.05) is 24.3 Å². The summed E-state index contributed by atoms with van der Waals surface area (Å²) >= 11 is 5.89. The van der Waals surface area contributed by atoms with Crippen LogP contribution in [0.3, 0.4) is 0 Å². The number of hydrogen-bond acceptors (Lipinski definition) is 2. The molecule has 0 atom stereocenters. The predicted molar refractivity (Wildman–Crippen MR) is 75.9 cm³/mol. The normalized spacial score (nSPS) is 10.3. The zero-order chi connectivity index (χ0) is 13.2. The van der Waals surface area contributed by atoms with Crippen LogP contribution in [-0.2, 0) is 11.2 Å². The molecule has 0 unspecified atom stereocenters. The Morgan fingerprint density at radius 2 is 2.11 bits per heavy atom. The fourth-order valence-electron chi connectivity index (χ4n) is 1.63. The molecule has 1 aromatic rings. The molecule has 0 aliphatic carbocycles. The molecule has 1 amide bonds. The molecule has 0 fully saturated rings. The van der Waals surface area contributed by atoms with Crippen LogP contribution in [0, 0.1) is 0 Å². The first-order chi connectivity index (χ1) is 8.72. The van der Waals surface area contributed by atoms with Gasteiger partial charge >= 0.3 is 0 Å². The van der Waals surface area contributed by atoms with Gasteiger partial charge in [-0.3, -0.25) is 4.79 Å². The topological polar surface area (TPSA) is 41.1 Å². The number of nitrogens with one attached hydrogen (secondary N) is 2. The molecule has 0 saturated heterocycles. The fourth-order valence-corrected chi connectivity index (χ4v) is 1.84. The van der Waals surface area contributed by atoms with Crippen LogP contribution in [-0.4, -0.2) is 25.5 Å². The minimum absolute atomic E-state index is 0.0978. The molecule has 0 heterocycles. The summed E-state index contributed by atoms with van der Waals surface area (Å²) in [7, 11) is 0. The van der Waals surface area contributed by atoms with Crippen molar-refractivity contribution < 1.29 is 4.79 Å². The van der Waals surface area contributed by atoms with Crippen LogP contribution in [0.5, 0.6) is 0 Å². The number of carbonyl (C=O) groups excluding carboxylic acids is 1. The van der Waals surface area contributed by atoms with Crippen LogP contribution >= 0.6 is 11.6 Å². The second-order valence-corrected chi connectivity index (χ2v) is 4.67. The standard InChI is InChI=1S/C14H21ClN2O/c1-2-8-16-9-7-14(18)17-10-6-12-4-3-5-13(15)11-12/h3-5,11,16H,2,6-10H2,1H3,(H,17,18). The third-order valence-corrected chi connectivity index (χ3v) is 2.82. The lowest BCUT2D eigenvalue weighted by molar-refractivity contribution is -0.120. The molecule has 1 rings (SSSR count). The molecule has 0 radical (unpaired) electrons. The molecule has 4 heteroatoms. The van der Waals surface area contributed by atoms with Gasteiger partial charge in [0, 0.05) is 24.5 Å². The lowest BCUT2D eigenvalue weighted by atomic mass is 10.1. The number of amides is 1. The van der Waals surface area contributed by atoms with Crippen LogP contribution in [0.2, 0.25) is 5.02 Å². The molecular weight excluding hydrogens is 248 g/mol. The van der Waals surface area contributed by atoms with Gasteiger partial charge in [-0.05, 0) is 37.1 Å². The number of halogens is 1. The van der Waals surface area contributed by atoms with Crippen molar-refractivity contribution in [2.75, 3.05) is 19.6 Å². The Labute approximate surface area is 114 Å². The Hall–Kier alpha value is -1.06. The molecular formula is C14H21ClN2O. The van der Waals surface area contributed by atoms with Crippen LogP contribution in [0.4, 0.5) is 0 Å². The van der Waals surface area contributed by atoms with Crippen molar-refractivity contribution >= 4 is 17.5 Å². The maximum atomic E-state index is 11.5. The van der Waals surface area contributed by atoms with Crippen LogP contribution < -0.4 is 10.6 Å². The Kier molecular flexibility index (Phi) is 7.46. The monoisotopic (exact) mass is 268 g/mol. The lowest BCUT2D eigenvalue weighted by Gasteiger charge is -2.06. The van der Waals surface area contributed by atoms with Crippen molar-refractivity contribution in [2.24, 2.45) is 0 Å². The molecule has 0 aliphatic rings. The van der Waals surface area contributed by atoms with E-state index in [4.69, 9.17) is 11.6 Å². The van der Waals surface area contributed by atoms with E-state index < -0.39 is 0 Å². The first-order valence-corrected chi connectivity index (χ1v) is 6.82.